The summed E-state index contributed by atoms with van der Waals surface area (Å²) in [6.45, 7) is 1.80. The molecule has 0 bridgehead atoms. The van der Waals surface area contributed by atoms with E-state index in [9.17, 15) is 4.79 Å². The molecule has 1 saturated heterocycles. The second-order valence-corrected chi connectivity index (χ2v) is 4.45. The van der Waals surface area contributed by atoms with Crippen molar-refractivity contribution in [2.75, 3.05) is 13.1 Å². The standard InChI is InChI=1S/C13H19N3O/c17-13(9-11-5-1-3-7-14-11)16-10-12-6-2-4-8-15-12/h1,3,5,7,12,15H,2,4,6,8-10H2,(H,16,17). The second kappa shape index (κ2) is 6.35. The maximum absolute atomic E-state index is 11.7. The molecular weight excluding hydrogens is 214 g/mol. The number of hydrogen-bond donors (Lipinski definition) is 2. The predicted molar refractivity (Wildman–Crippen MR) is 66.6 cm³/mol. The van der Waals surface area contributed by atoms with Crippen LogP contribution in [0.3, 0.4) is 0 Å². The third kappa shape index (κ3) is 4.15. The molecule has 4 heteroatoms. The van der Waals surface area contributed by atoms with E-state index in [0.717, 1.165) is 25.2 Å². The van der Waals surface area contributed by atoms with Gasteiger partial charge in [-0.3, -0.25) is 9.78 Å². The summed E-state index contributed by atoms with van der Waals surface area (Å²) in [6, 6.07) is 6.07. The van der Waals surface area contributed by atoms with Crippen LogP contribution in [0, 0.1) is 0 Å². The molecule has 1 aliphatic heterocycles. The minimum atomic E-state index is 0.0519. The first kappa shape index (κ1) is 12.0. The zero-order valence-corrected chi connectivity index (χ0v) is 9.98. The highest BCUT2D eigenvalue weighted by molar-refractivity contribution is 5.78. The minimum absolute atomic E-state index is 0.0519. The van der Waals surface area contributed by atoms with Crippen molar-refractivity contribution in [1.29, 1.82) is 0 Å². The summed E-state index contributed by atoms with van der Waals surface area (Å²) in [4.78, 5) is 15.8. The first-order valence-electron chi connectivity index (χ1n) is 6.24. The average Bonchev–Trinajstić information content (AvgIpc) is 2.39. The van der Waals surface area contributed by atoms with Crippen molar-refractivity contribution in [1.82, 2.24) is 15.6 Å². The molecule has 2 heterocycles. The van der Waals surface area contributed by atoms with E-state index in [1.165, 1.54) is 12.8 Å². The Morgan fingerprint density at radius 3 is 3.12 bits per heavy atom. The molecule has 0 saturated carbocycles. The van der Waals surface area contributed by atoms with Crippen molar-refractivity contribution in [2.24, 2.45) is 0 Å². The fraction of sp³-hybridized carbons (Fsp3) is 0.538. The Labute approximate surface area is 102 Å². The first-order chi connectivity index (χ1) is 8.34. The van der Waals surface area contributed by atoms with E-state index in [1.807, 2.05) is 18.2 Å². The lowest BCUT2D eigenvalue weighted by molar-refractivity contribution is -0.120. The zero-order chi connectivity index (χ0) is 11.9. The summed E-state index contributed by atoms with van der Waals surface area (Å²) < 4.78 is 0. The van der Waals surface area contributed by atoms with Gasteiger partial charge in [-0.25, -0.2) is 0 Å². The van der Waals surface area contributed by atoms with Gasteiger partial charge in [-0.05, 0) is 31.5 Å². The molecule has 1 amide bonds. The van der Waals surface area contributed by atoms with Crippen LogP contribution >= 0.6 is 0 Å². The molecule has 1 unspecified atom stereocenters. The quantitative estimate of drug-likeness (QED) is 0.812. The second-order valence-electron chi connectivity index (χ2n) is 4.45. The molecule has 4 nitrogen and oxygen atoms in total. The molecular formula is C13H19N3O. The van der Waals surface area contributed by atoms with Crippen molar-refractivity contribution >= 4 is 5.91 Å². The van der Waals surface area contributed by atoms with E-state index in [-0.39, 0.29) is 5.91 Å². The Kier molecular flexibility index (Phi) is 4.50. The van der Waals surface area contributed by atoms with E-state index < -0.39 is 0 Å². The average molecular weight is 233 g/mol. The molecule has 0 spiro atoms. The fourth-order valence-corrected chi connectivity index (χ4v) is 2.06. The summed E-state index contributed by atoms with van der Waals surface area (Å²) in [5.41, 5.74) is 0.821. The van der Waals surface area contributed by atoms with Crippen LogP contribution in [-0.2, 0) is 11.2 Å². The first-order valence-corrected chi connectivity index (χ1v) is 6.24. The molecule has 2 rings (SSSR count). The molecule has 1 aromatic heterocycles. The Morgan fingerprint density at radius 2 is 2.41 bits per heavy atom. The van der Waals surface area contributed by atoms with Crippen LogP contribution in [0.5, 0.6) is 0 Å². The highest BCUT2D eigenvalue weighted by Crippen LogP contribution is 2.05. The van der Waals surface area contributed by atoms with Crippen LogP contribution in [0.25, 0.3) is 0 Å². The SMILES string of the molecule is O=C(Cc1ccccn1)NCC1CCCCN1. The lowest BCUT2D eigenvalue weighted by atomic mass is 10.1. The summed E-state index contributed by atoms with van der Waals surface area (Å²) in [5, 5.41) is 6.37. The Hall–Kier alpha value is -1.42. The van der Waals surface area contributed by atoms with Crippen LogP contribution < -0.4 is 10.6 Å². The molecule has 92 valence electrons. The molecule has 0 radical (unpaired) electrons. The number of piperidine rings is 1. The molecule has 1 fully saturated rings. The molecule has 17 heavy (non-hydrogen) atoms. The fourth-order valence-electron chi connectivity index (χ4n) is 2.06. The maximum Gasteiger partial charge on any atom is 0.226 e. The van der Waals surface area contributed by atoms with Crippen molar-refractivity contribution in [3.63, 3.8) is 0 Å². The summed E-state index contributed by atoms with van der Waals surface area (Å²) in [5.74, 6) is 0.0519. The molecule has 1 aromatic rings. The number of hydrogen-bond acceptors (Lipinski definition) is 3. The van der Waals surface area contributed by atoms with Gasteiger partial charge in [-0.2, -0.15) is 0 Å². The molecule has 0 aliphatic carbocycles. The number of rotatable bonds is 4. The summed E-state index contributed by atoms with van der Waals surface area (Å²) in [7, 11) is 0. The lowest BCUT2D eigenvalue weighted by Crippen LogP contribution is -2.43. The van der Waals surface area contributed by atoms with Gasteiger partial charge in [0.2, 0.25) is 5.91 Å². The van der Waals surface area contributed by atoms with Gasteiger partial charge >= 0.3 is 0 Å². The van der Waals surface area contributed by atoms with Crippen molar-refractivity contribution < 1.29 is 4.79 Å². The number of amides is 1. The van der Waals surface area contributed by atoms with E-state index >= 15 is 0 Å². The van der Waals surface area contributed by atoms with Crippen molar-refractivity contribution in [3.05, 3.63) is 30.1 Å². The van der Waals surface area contributed by atoms with Gasteiger partial charge in [0.1, 0.15) is 0 Å². The highest BCUT2D eigenvalue weighted by Gasteiger charge is 2.13. The zero-order valence-electron chi connectivity index (χ0n) is 9.98. The summed E-state index contributed by atoms with van der Waals surface area (Å²) >= 11 is 0. The van der Waals surface area contributed by atoms with E-state index in [0.29, 0.717) is 12.5 Å². The maximum atomic E-state index is 11.7. The number of pyridine rings is 1. The van der Waals surface area contributed by atoms with Crippen LogP contribution in [0.1, 0.15) is 25.0 Å². The van der Waals surface area contributed by atoms with Gasteiger partial charge in [-0.15, -0.1) is 0 Å². The Balaban J connectivity index is 1.70. The third-order valence-electron chi connectivity index (χ3n) is 3.03. The number of nitrogens with zero attached hydrogens (tertiary/aromatic N) is 1. The monoisotopic (exact) mass is 233 g/mol. The highest BCUT2D eigenvalue weighted by atomic mass is 16.1. The molecule has 1 aliphatic rings. The van der Waals surface area contributed by atoms with E-state index in [4.69, 9.17) is 0 Å². The molecule has 0 aromatic carbocycles. The minimum Gasteiger partial charge on any atom is -0.354 e. The van der Waals surface area contributed by atoms with E-state index in [2.05, 4.69) is 15.6 Å². The van der Waals surface area contributed by atoms with Gasteiger partial charge < -0.3 is 10.6 Å². The number of carbonyl (C=O) groups excluding carboxylic acids is 1. The normalized spacial score (nSPS) is 19.9. The van der Waals surface area contributed by atoms with Crippen molar-refractivity contribution in [2.45, 2.75) is 31.7 Å². The summed E-state index contributed by atoms with van der Waals surface area (Å²) in [6.07, 6.45) is 5.74. The van der Waals surface area contributed by atoms with Gasteiger partial charge in [0, 0.05) is 24.5 Å². The van der Waals surface area contributed by atoms with Crippen LogP contribution in [0.15, 0.2) is 24.4 Å². The lowest BCUT2D eigenvalue weighted by Gasteiger charge is -2.23. The van der Waals surface area contributed by atoms with Crippen LogP contribution in [-0.4, -0.2) is 30.0 Å². The molecule has 2 N–H and O–H groups in total. The number of aromatic nitrogens is 1. The van der Waals surface area contributed by atoms with E-state index in [1.54, 1.807) is 6.20 Å². The van der Waals surface area contributed by atoms with Crippen LogP contribution in [0.4, 0.5) is 0 Å². The van der Waals surface area contributed by atoms with Gasteiger partial charge in [0.25, 0.3) is 0 Å². The van der Waals surface area contributed by atoms with Gasteiger partial charge in [0.15, 0.2) is 0 Å². The number of carbonyl (C=O) groups is 1. The third-order valence-corrected chi connectivity index (χ3v) is 3.03. The van der Waals surface area contributed by atoms with Crippen molar-refractivity contribution in [3.8, 4) is 0 Å². The topological polar surface area (TPSA) is 54.0 Å². The smallest absolute Gasteiger partial charge is 0.226 e. The van der Waals surface area contributed by atoms with Gasteiger partial charge in [0.05, 0.1) is 6.42 Å². The Bertz CT molecular complexity index is 347. The molecule has 1 atom stereocenters. The number of nitrogens with one attached hydrogen (secondary N) is 2. The van der Waals surface area contributed by atoms with Gasteiger partial charge in [-0.1, -0.05) is 12.5 Å². The predicted octanol–water partition coefficient (Wildman–Crippen LogP) is 0.882. The Morgan fingerprint density at radius 1 is 1.47 bits per heavy atom. The van der Waals surface area contributed by atoms with Crippen LogP contribution in [0.2, 0.25) is 0 Å². The largest absolute Gasteiger partial charge is 0.354 e.